The van der Waals surface area contributed by atoms with Gasteiger partial charge in [-0.1, -0.05) is 48.0 Å². The third-order valence-corrected chi connectivity index (χ3v) is 7.28. The number of para-hydroxylation sites is 1. The standard InChI is InChI=1S/C24H26ClN5OS/c25-19-8-10-20(11-9-19)30-22(16-28-13-4-1-5-14-28)26-27-24(30)32-17-23(31)29-15-12-18-6-2-3-7-21(18)29/h2-3,6-11H,1,4-5,12-17H2. The SMILES string of the molecule is O=C(CSc1nnc(CN2CCCCC2)n1-c1ccc(Cl)cc1)N1CCc2ccccc21. The summed E-state index contributed by atoms with van der Waals surface area (Å²) >= 11 is 7.57. The average molecular weight is 468 g/mol. The number of thioether (sulfide) groups is 1. The zero-order valence-corrected chi connectivity index (χ0v) is 19.5. The van der Waals surface area contributed by atoms with Gasteiger partial charge in [-0.25, -0.2) is 0 Å². The fourth-order valence-corrected chi connectivity index (χ4v) is 5.44. The third-order valence-electron chi connectivity index (χ3n) is 6.11. The highest BCUT2D eigenvalue weighted by molar-refractivity contribution is 7.99. The molecule has 32 heavy (non-hydrogen) atoms. The van der Waals surface area contributed by atoms with E-state index in [4.69, 9.17) is 11.6 Å². The van der Waals surface area contributed by atoms with Gasteiger partial charge in [0.15, 0.2) is 11.0 Å². The van der Waals surface area contributed by atoms with Crippen LogP contribution in [-0.2, 0) is 17.8 Å². The fourth-order valence-electron chi connectivity index (χ4n) is 4.46. The number of carbonyl (C=O) groups excluding carboxylic acids is 1. The Morgan fingerprint density at radius 1 is 0.969 bits per heavy atom. The molecule has 2 aliphatic heterocycles. The van der Waals surface area contributed by atoms with Gasteiger partial charge in [-0.3, -0.25) is 14.3 Å². The second kappa shape index (κ2) is 9.65. The lowest BCUT2D eigenvalue weighted by molar-refractivity contribution is -0.116. The van der Waals surface area contributed by atoms with Crippen LogP contribution in [0.2, 0.25) is 5.02 Å². The summed E-state index contributed by atoms with van der Waals surface area (Å²) in [6.07, 6.45) is 4.65. The zero-order chi connectivity index (χ0) is 21.9. The molecule has 1 saturated heterocycles. The maximum atomic E-state index is 13.0. The number of aromatic nitrogens is 3. The number of benzene rings is 2. The van der Waals surface area contributed by atoms with E-state index < -0.39 is 0 Å². The van der Waals surface area contributed by atoms with Gasteiger partial charge < -0.3 is 4.90 Å². The molecule has 0 N–H and O–H groups in total. The number of piperidine rings is 1. The van der Waals surface area contributed by atoms with Crippen molar-refractivity contribution in [3.63, 3.8) is 0 Å². The summed E-state index contributed by atoms with van der Waals surface area (Å²) < 4.78 is 2.07. The van der Waals surface area contributed by atoms with Crippen LogP contribution in [0.25, 0.3) is 5.69 Å². The van der Waals surface area contributed by atoms with Crippen LogP contribution in [0.4, 0.5) is 5.69 Å². The second-order valence-electron chi connectivity index (χ2n) is 8.26. The van der Waals surface area contributed by atoms with Gasteiger partial charge in [0.05, 0.1) is 12.3 Å². The number of anilines is 1. The molecule has 6 nitrogen and oxygen atoms in total. The van der Waals surface area contributed by atoms with Crippen molar-refractivity contribution in [3.8, 4) is 5.69 Å². The van der Waals surface area contributed by atoms with Gasteiger partial charge in [0.1, 0.15) is 0 Å². The van der Waals surface area contributed by atoms with Gasteiger partial charge in [-0.2, -0.15) is 0 Å². The predicted octanol–water partition coefficient (Wildman–Crippen LogP) is 4.59. The Kier molecular flexibility index (Phi) is 6.48. The summed E-state index contributed by atoms with van der Waals surface area (Å²) in [5.74, 6) is 1.32. The number of halogens is 1. The number of amides is 1. The van der Waals surface area contributed by atoms with E-state index in [1.54, 1.807) is 0 Å². The van der Waals surface area contributed by atoms with Crippen LogP contribution in [0.3, 0.4) is 0 Å². The molecular weight excluding hydrogens is 442 g/mol. The first-order chi connectivity index (χ1) is 15.7. The molecule has 166 valence electrons. The Labute approximate surface area is 197 Å². The second-order valence-corrected chi connectivity index (χ2v) is 9.64. The van der Waals surface area contributed by atoms with E-state index in [1.165, 1.54) is 36.6 Å². The van der Waals surface area contributed by atoms with E-state index >= 15 is 0 Å². The van der Waals surface area contributed by atoms with Crippen LogP contribution < -0.4 is 4.90 Å². The van der Waals surface area contributed by atoms with Gasteiger partial charge in [-0.05, 0) is 68.2 Å². The van der Waals surface area contributed by atoms with Crippen molar-refractivity contribution in [2.75, 3.05) is 30.3 Å². The minimum absolute atomic E-state index is 0.100. The molecule has 2 aromatic carbocycles. The van der Waals surface area contributed by atoms with Crippen LogP contribution in [0, 0.1) is 0 Å². The summed E-state index contributed by atoms with van der Waals surface area (Å²) in [5, 5.41) is 10.4. The quantitative estimate of drug-likeness (QED) is 0.496. The van der Waals surface area contributed by atoms with Gasteiger partial charge in [0.2, 0.25) is 5.91 Å². The molecule has 0 unspecified atom stereocenters. The average Bonchev–Trinajstić information content (AvgIpc) is 3.43. The fraction of sp³-hybridized carbons (Fsp3) is 0.375. The van der Waals surface area contributed by atoms with Crippen molar-refractivity contribution in [2.45, 2.75) is 37.4 Å². The van der Waals surface area contributed by atoms with Crippen LogP contribution in [0.5, 0.6) is 0 Å². The van der Waals surface area contributed by atoms with E-state index in [0.717, 1.165) is 55.0 Å². The lowest BCUT2D eigenvalue weighted by Gasteiger charge is -2.26. The highest BCUT2D eigenvalue weighted by Crippen LogP contribution is 2.30. The summed E-state index contributed by atoms with van der Waals surface area (Å²) in [6.45, 7) is 3.66. The zero-order valence-electron chi connectivity index (χ0n) is 17.9. The van der Waals surface area contributed by atoms with Gasteiger partial charge in [0.25, 0.3) is 0 Å². The monoisotopic (exact) mass is 467 g/mol. The van der Waals surface area contributed by atoms with E-state index in [1.807, 2.05) is 47.4 Å². The molecule has 0 spiro atoms. The van der Waals surface area contributed by atoms with Gasteiger partial charge >= 0.3 is 0 Å². The van der Waals surface area contributed by atoms with Crippen molar-refractivity contribution in [1.29, 1.82) is 0 Å². The van der Waals surface area contributed by atoms with E-state index in [-0.39, 0.29) is 5.91 Å². The van der Waals surface area contributed by atoms with Gasteiger partial charge in [-0.15, -0.1) is 10.2 Å². The van der Waals surface area contributed by atoms with Crippen molar-refractivity contribution in [2.24, 2.45) is 0 Å². The molecule has 2 aliphatic rings. The molecule has 5 rings (SSSR count). The number of fused-ring (bicyclic) bond motifs is 1. The smallest absolute Gasteiger partial charge is 0.237 e. The molecule has 1 amide bonds. The number of likely N-dealkylation sites (tertiary alicyclic amines) is 1. The van der Waals surface area contributed by atoms with Crippen LogP contribution >= 0.6 is 23.4 Å². The third kappa shape index (κ3) is 4.56. The Morgan fingerprint density at radius 2 is 1.75 bits per heavy atom. The molecule has 0 saturated carbocycles. The number of hydrogen-bond acceptors (Lipinski definition) is 5. The van der Waals surface area contributed by atoms with Crippen LogP contribution in [0.1, 0.15) is 30.7 Å². The Hall–Kier alpha value is -2.35. The Bertz CT molecular complexity index is 1090. The van der Waals surface area contributed by atoms with Gasteiger partial charge in [0, 0.05) is 22.9 Å². The largest absolute Gasteiger partial charge is 0.311 e. The van der Waals surface area contributed by atoms with Crippen LogP contribution in [0.15, 0.2) is 53.7 Å². The van der Waals surface area contributed by atoms with Crippen LogP contribution in [-0.4, -0.2) is 51.0 Å². The molecule has 3 aromatic rings. The molecule has 1 fully saturated rings. The lowest BCUT2D eigenvalue weighted by Crippen LogP contribution is -2.31. The number of carbonyl (C=O) groups is 1. The summed E-state index contributed by atoms with van der Waals surface area (Å²) in [7, 11) is 0. The molecule has 0 radical (unpaired) electrons. The van der Waals surface area contributed by atoms with E-state index in [9.17, 15) is 4.79 Å². The minimum Gasteiger partial charge on any atom is -0.311 e. The normalized spacial score (nSPS) is 16.3. The molecule has 0 aliphatic carbocycles. The number of hydrogen-bond donors (Lipinski definition) is 0. The molecule has 8 heteroatoms. The van der Waals surface area contributed by atoms with Crippen molar-refractivity contribution in [1.82, 2.24) is 19.7 Å². The molecule has 3 heterocycles. The van der Waals surface area contributed by atoms with E-state index in [2.05, 4.69) is 25.7 Å². The molecule has 0 atom stereocenters. The Morgan fingerprint density at radius 3 is 2.56 bits per heavy atom. The van der Waals surface area contributed by atoms with Crippen molar-refractivity contribution in [3.05, 3.63) is 64.9 Å². The lowest BCUT2D eigenvalue weighted by atomic mass is 10.1. The highest BCUT2D eigenvalue weighted by Gasteiger charge is 2.25. The molecule has 1 aromatic heterocycles. The Balaban J connectivity index is 1.36. The first-order valence-corrected chi connectivity index (χ1v) is 12.5. The summed E-state index contributed by atoms with van der Waals surface area (Å²) in [5.41, 5.74) is 3.23. The summed E-state index contributed by atoms with van der Waals surface area (Å²) in [6, 6.07) is 15.9. The maximum absolute atomic E-state index is 13.0. The first kappa shape index (κ1) is 21.5. The first-order valence-electron chi connectivity index (χ1n) is 11.1. The molecular formula is C24H26ClN5OS. The maximum Gasteiger partial charge on any atom is 0.237 e. The summed E-state index contributed by atoms with van der Waals surface area (Å²) in [4.78, 5) is 17.3. The number of nitrogens with zero attached hydrogens (tertiary/aromatic N) is 5. The van der Waals surface area contributed by atoms with Crippen molar-refractivity contribution < 1.29 is 4.79 Å². The molecule has 0 bridgehead atoms. The minimum atomic E-state index is 0.100. The predicted molar refractivity (Wildman–Crippen MR) is 129 cm³/mol. The topological polar surface area (TPSA) is 54.3 Å². The highest BCUT2D eigenvalue weighted by atomic mass is 35.5. The van der Waals surface area contributed by atoms with Crippen molar-refractivity contribution >= 4 is 35.0 Å². The number of rotatable bonds is 6. The van der Waals surface area contributed by atoms with E-state index in [0.29, 0.717) is 10.8 Å².